The van der Waals surface area contributed by atoms with Crippen LogP contribution in [0.5, 0.6) is 0 Å². The Morgan fingerprint density at radius 3 is 1.78 bits per heavy atom. The van der Waals surface area contributed by atoms with Crippen molar-refractivity contribution in [3.05, 3.63) is 32.9 Å². The molecular formula is C15H33N2Zr-5. The largest absolute Gasteiger partial charge is 0.675 e. The molecule has 0 aromatic heterocycles. The van der Waals surface area contributed by atoms with Crippen LogP contribution in [0.1, 0.15) is 59.8 Å². The van der Waals surface area contributed by atoms with Crippen LogP contribution in [0.4, 0.5) is 0 Å². The molecule has 1 aliphatic rings. The van der Waals surface area contributed by atoms with E-state index in [-0.39, 0.29) is 60.2 Å². The number of hydrogen-bond acceptors (Lipinski definition) is 0. The van der Waals surface area contributed by atoms with Gasteiger partial charge in [-0.2, -0.15) is 0 Å². The summed E-state index contributed by atoms with van der Waals surface area (Å²) >= 11 is 0. The number of nitrogens with zero attached hydrogens (tertiary/aromatic N) is 2. The summed E-state index contributed by atoms with van der Waals surface area (Å²) in [4.78, 5) is 0. The molecule has 0 amide bonds. The SMILES string of the molecule is CC([N-]C1CCCCC1)[N-]C(C)(C)C.[CH3-].[CH3-].[CH3-].[Zr]. The van der Waals surface area contributed by atoms with Crippen molar-refractivity contribution in [3.63, 3.8) is 0 Å². The average molecular weight is 333 g/mol. The van der Waals surface area contributed by atoms with Crippen molar-refractivity contribution in [2.75, 3.05) is 0 Å². The van der Waals surface area contributed by atoms with Gasteiger partial charge in [-0.15, -0.1) is 18.5 Å². The molecule has 0 heterocycles. The predicted octanol–water partition coefficient (Wildman–Crippen LogP) is 5.56. The third kappa shape index (κ3) is 13.2. The zero-order valence-electron chi connectivity index (χ0n) is 13.6. The fraction of sp³-hybridized carbons (Fsp3) is 0.800. The Bertz CT molecular complexity index is 160. The minimum absolute atomic E-state index is 0. The van der Waals surface area contributed by atoms with Gasteiger partial charge in [-0.3, -0.25) is 0 Å². The maximum absolute atomic E-state index is 4.75. The molecule has 1 aliphatic carbocycles. The van der Waals surface area contributed by atoms with Gasteiger partial charge in [0.2, 0.25) is 0 Å². The predicted molar refractivity (Wildman–Crippen MR) is 82.0 cm³/mol. The molecule has 1 unspecified atom stereocenters. The van der Waals surface area contributed by atoms with Crippen molar-refractivity contribution in [1.29, 1.82) is 0 Å². The van der Waals surface area contributed by atoms with E-state index in [9.17, 15) is 0 Å². The van der Waals surface area contributed by atoms with Crippen molar-refractivity contribution in [1.82, 2.24) is 0 Å². The first kappa shape index (κ1) is 27.2. The number of hydrogen-bond donors (Lipinski definition) is 0. The summed E-state index contributed by atoms with van der Waals surface area (Å²) in [6.45, 7) is 8.53. The van der Waals surface area contributed by atoms with Gasteiger partial charge in [-0.05, 0) is 0 Å². The first-order valence-electron chi connectivity index (χ1n) is 5.89. The quantitative estimate of drug-likeness (QED) is 0.605. The summed E-state index contributed by atoms with van der Waals surface area (Å²) in [6, 6.07) is 0.588. The minimum Gasteiger partial charge on any atom is -0.675 e. The first-order chi connectivity index (χ1) is 6.47. The third-order valence-corrected chi connectivity index (χ3v) is 2.58. The third-order valence-electron chi connectivity index (χ3n) is 2.58. The van der Waals surface area contributed by atoms with Crippen LogP contribution >= 0.6 is 0 Å². The van der Waals surface area contributed by atoms with E-state index in [2.05, 4.69) is 33.0 Å². The van der Waals surface area contributed by atoms with E-state index in [1.807, 2.05) is 0 Å². The molecule has 0 spiro atoms. The van der Waals surface area contributed by atoms with Crippen LogP contribution in [0.2, 0.25) is 0 Å². The van der Waals surface area contributed by atoms with Crippen molar-refractivity contribution in [2.45, 2.75) is 77.5 Å². The van der Waals surface area contributed by atoms with Crippen molar-refractivity contribution in [3.8, 4) is 0 Å². The summed E-state index contributed by atoms with van der Waals surface area (Å²) < 4.78 is 0. The zero-order valence-corrected chi connectivity index (χ0v) is 16.0. The summed E-state index contributed by atoms with van der Waals surface area (Å²) in [5.41, 5.74) is 0.0532. The molecule has 0 saturated heterocycles. The van der Waals surface area contributed by atoms with E-state index in [0.29, 0.717) is 6.04 Å². The average Bonchev–Trinajstić information content (AvgIpc) is 2.02. The Labute approximate surface area is 136 Å². The Kier molecular flexibility index (Phi) is 19.4. The fourth-order valence-corrected chi connectivity index (χ4v) is 2.13. The van der Waals surface area contributed by atoms with Crippen LogP contribution in [-0.4, -0.2) is 17.7 Å². The molecule has 0 radical (unpaired) electrons. The summed E-state index contributed by atoms with van der Waals surface area (Å²) in [7, 11) is 0. The summed E-state index contributed by atoms with van der Waals surface area (Å²) in [6.07, 6.45) is 6.86. The molecule has 3 heteroatoms. The van der Waals surface area contributed by atoms with Crippen LogP contribution in [0, 0.1) is 22.3 Å². The van der Waals surface area contributed by atoms with Gasteiger partial charge in [0.25, 0.3) is 0 Å². The van der Waals surface area contributed by atoms with E-state index < -0.39 is 0 Å². The molecule has 0 aromatic rings. The van der Waals surface area contributed by atoms with E-state index in [4.69, 9.17) is 5.32 Å². The maximum atomic E-state index is 4.75. The second-order valence-electron chi connectivity index (χ2n) is 5.37. The van der Waals surface area contributed by atoms with Crippen LogP contribution in [-0.2, 0) is 26.2 Å². The zero-order chi connectivity index (χ0) is 10.6. The maximum Gasteiger partial charge on any atom is 0 e. The molecule has 1 atom stereocenters. The molecular weight excluding hydrogens is 299 g/mol. The Hall–Kier alpha value is 0.803. The van der Waals surface area contributed by atoms with E-state index in [0.717, 1.165) is 0 Å². The van der Waals surface area contributed by atoms with Gasteiger partial charge >= 0.3 is 0 Å². The van der Waals surface area contributed by atoms with E-state index in [1.54, 1.807) is 0 Å². The molecule has 18 heavy (non-hydrogen) atoms. The van der Waals surface area contributed by atoms with E-state index in [1.165, 1.54) is 32.1 Å². The summed E-state index contributed by atoms with van der Waals surface area (Å²) in [5.74, 6) is 0. The van der Waals surface area contributed by atoms with Crippen molar-refractivity contribution in [2.24, 2.45) is 0 Å². The molecule has 0 aromatic carbocycles. The van der Waals surface area contributed by atoms with Crippen LogP contribution in [0.3, 0.4) is 0 Å². The smallest absolute Gasteiger partial charge is 0 e. The molecule has 2 nitrogen and oxygen atoms in total. The van der Waals surface area contributed by atoms with Gasteiger partial charge in [0.15, 0.2) is 0 Å². The first-order valence-corrected chi connectivity index (χ1v) is 5.89. The molecule has 0 N–H and O–H groups in total. The van der Waals surface area contributed by atoms with Crippen LogP contribution in [0.25, 0.3) is 10.6 Å². The Morgan fingerprint density at radius 1 is 0.944 bits per heavy atom. The monoisotopic (exact) mass is 331 g/mol. The van der Waals surface area contributed by atoms with Gasteiger partial charge in [0.1, 0.15) is 0 Å². The topological polar surface area (TPSA) is 28.2 Å². The van der Waals surface area contributed by atoms with Gasteiger partial charge in [0, 0.05) is 26.2 Å². The second kappa shape index (κ2) is 12.8. The van der Waals surface area contributed by atoms with Gasteiger partial charge < -0.3 is 32.9 Å². The van der Waals surface area contributed by atoms with Gasteiger partial charge in [0.05, 0.1) is 0 Å². The van der Waals surface area contributed by atoms with Crippen LogP contribution < -0.4 is 0 Å². The Balaban J connectivity index is -0.000000245. The molecule has 0 bridgehead atoms. The molecule has 0 aliphatic heterocycles. The minimum atomic E-state index is 0. The fourth-order valence-electron chi connectivity index (χ4n) is 2.13. The molecule has 1 saturated carbocycles. The second-order valence-corrected chi connectivity index (χ2v) is 5.37. The molecule has 1 rings (SSSR count). The van der Waals surface area contributed by atoms with Crippen LogP contribution in [0.15, 0.2) is 0 Å². The standard InChI is InChI=1S/C12H24N2.3CH3.Zr/c1-10(14-12(2,3)4)13-11-8-6-5-7-9-11;;;;/h10-11H,5-9H2,1-4H3;3*1H3;/q-2;3*-1;. The number of rotatable bonds is 3. The molecule has 1 fully saturated rings. The normalized spacial score (nSPS) is 17.3. The van der Waals surface area contributed by atoms with Gasteiger partial charge in [-0.1, -0.05) is 52.9 Å². The van der Waals surface area contributed by atoms with Crippen molar-refractivity contribution >= 4 is 0 Å². The Morgan fingerprint density at radius 2 is 1.39 bits per heavy atom. The van der Waals surface area contributed by atoms with Gasteiger partial charge in [-0.25, -0.2) is 6.17 Å². The summed E-state index contributed by atoms with van der Waals surface area (Å²) in [5, 5.41) is 9.39. The molecule has 112 valence electrons. The van der Waals surface area contributed by atoms with E-state index >= 15 is 0 Å². The van der Waals surface area contributed by atoms with Crippen molar-refractivity contribution < 1.29 is 26.2 Å².